The summed E-state index contributed by atoms with van der Waals surface area (Å²) in [4.78, 5) is 5.14. The molecule has 1 aromatic heterocycles. The highest BCUT2D eigenvalue weighted by molar-refractivity contribution is 7.08. The van der Waals surface area contributed by atoms with Crippen LogP contribution in [0, 0.1) is 5.92 Å². The lowest BCUT2D eigenvalue weighted by molar-refractivity contribution is -0.201. The Morgan fingerprint density at radius 1 is 0.690 bits per heavy atom. The summed E-state index contributed by atoms with van der Waals surface area (Å²) in [6, 6.07) is 33.8. The van der Waals surface area contributed by atoms with Gasteiger partial charge >= 0.3 is 0 Å². The molecule has 6 heteroatoms. The van der Waals surface area contributed by atoms with Gasteiger partial charge in [0.25, 0.3) is 0 Å². The monoisotopic (exact) mass is 582 g/mol. The van der Waals surface area contributed by atoms with Crippen LogP contribution in [0.4, 0.5) is 5.69 Å². The van der Waals surface area contributed by atoms with Gasteiger partial charge in [-0.25, -0.2) is 0 Å². The third-order valence-corrected chi connectivity index (χ3v) is 9.35. The standard InChI is InChI=1S/C36H42N2O3S/c1-28-35(40-25-30-13-7-3-8-14-30)36(41-26-31-15-9-4-10-16-31)34(39-24-29-11-5-2-6-12-29)23-38(28)22-32-17-19-37(21-32)33-18-20-42-27-33/h2-16,18,20,27-28,32,34-36H,17,19,21-26H2,1H3/t28-,32+,34+,35-,36-/m1/s1. The highest BCUT2D eigenvalue weighted by atomic mass is 32.1. The smallest absolute Gasteiger partial charge is 0.113 e. The highest BCUT2D eigenvalue weighted by Gasteiger charge is 2.45. The minimum Gasteiger partial charge on any atom is -0.371 e. The van der Waals surface area contributed by atoms with Crippen molar-refractivity contribution in [1.29, 1.82) is 0 Å². The average molecular weight is 583 g/mol. The fourth-order valence-electron chi connectivity index (χ4n) is 6.32. The number of nitrogens with zero attached hydrogens (tertiary/aromatic N) is 2. The van der Waals surface area contributed by atoms with E-state index in [1.807, 2.05) is 12.1 Å². The maximum atomic E-state index is 6.78. The van der Waals surface area contributed by atoms with Gasteiger partial charge in [0.1, 0.15) is 12.2 Å². The zero-order chi connectivity index (χ0) is 28.6. The SMILES string of the molecule is C[C@@H]1[C@@H](OCc2ccccc2)[C@H](OCc2ccccc2)[C@@H](OCc2ccccc2)CN1C[C@H]1CCN(c2ccsc2)C1. The van der Waals surface area contributed by atoms with E-state index in [1.165, 1.54) is 23.2 Å². The molecule has 2 saturated heterocycles. The van der Waals surface area contributed by atoms with Crippen molar-refractivity contribution in [2.45, 2.75) is 57.5 Å². The molecule has 0 N–H and O–H groups in total. The predicted octanol–water partition coefficient (Wildman–Crippen LogP) is 7.03. The lowest BCUT2D eigenvalue weighted by Crippen LogP contribution is -2.63. The topological polar surface area (TPSA) is 34.2 Å². The van der Waals surface area contributed by atoms with Gasteiger partial charge in [0.2, 0.25) is 0 Å². The molecule has 42 heavy (non-hydrogen) atoms. The molecule has 0 unspecified atom stereocenters. The van der Waals surface area contributed by atoms with Crippen LogP contribution in [0.2, 0.25) is 0 Å². The average Bonchev–Trinajstić information content (AvgIpc) is 3.74. The van der Waals surface area contributed by atoms with Crippen molar-refractivity contribution in [3.8, 4) is 0 Å². The number of ether oxygens (including phenoxy) is 3. The fraction of sp³-hybridized carbons (Fsp3) is 0.389. The third kappa shape index (κ3) is 7.49. The van der Waals surface area contributed by atoms with Gasteiger partial charge in [0.15, 0.2) is 0 Å². The van der Waals surface area contributed by atoms with Crippen LogP contribution in [0.5, 0.6) is 0 Å². The van der Waals surface area contributed by atoms with Crippen molar-refractivity contribution in [2.75, 3.05) is 31.1 Å². The molecule has 0 radical (unpaired) electrons. The molecule has 4 aromatic rings. The number of rotatable bonds is 12. The van der Waals surface area contributed by atoms with Crippen molar-refractivity contribution in [1.82, 2.24) is 4.90 Å². The van der Waals surface area contributed by atoms with E-state index in [0.29, 0.717) is 25.7 Å². The van der Waals surface area contributed by atoms with E-state index < -0.39 is 0 Å². The first-order valence-corrected chi connectivity index (χ1v) is 16.1. The second-order valence-corrected chi connectivity index (χ2v) is 12.4. The first-order valence-electron chi connectivity index (χ1n) is 15.2. The third-order valence-electron chi connectivity index (χ3n) is 8.68. The van der Waals surface area contributed by atoms with E-state index >= 15 is 0 Å². The number of hydrogen-bond donors (Lipinski definition) is 0. The largest absolute Gasteiger partial charge is 0.371 e. The van der Waals surface area contributed by atoms with Gasteiger partial charge in [-0.3, -0.25) is 4.90 Å². The van der Waals surface area contributed by atoms with Gasteiger partial charge in [0.05, 0.1) is 25.9 Å². The van der Waals surface area contributed by atoms with Crippen LogP contribution in [0.25, 0.3) is 0 Å². The minimum absolute atomic E-state index is 0.111. The Bertz CT molecular complexity index is 1320. The number of benzene rings is 3. The zero-order valence-electron chi connectivity index (χ0n) is 24.5. The summed E-state index contributed by atoms with van der Waals surface area (Å²) in [5.74, 6) is 0.610. The molecule has 2 aliphatic heterocycles. The lowest BCUT2D eigenvalue weighted by Gasteiger charge is -2.48. The van der Waals surface area contributed by atoms with Crippen LogP contribution in [-0.2, 0) is 34.0 Å². The number of hydrogen-bond acceptors (Lipinski definition) is 6. The molecule has 2 aliphatic rings. The summed E-state index contributed by atoms with van der Waals surface area (Å²) in [7, 11) is 0. The van der Waals surface area contributed by atoms with Crippen molar-refractivity contribution in [2.24, 2.45) is 5.92 Å². The molecule has 2 fully saturated rings. The van der Waals surface area contributed by atoms with Gasteiger partial charge in [-0.1, -0.05) is 91.0 Å². The predicted molar refractivity (Wildman–Crippen MR) is 171 cm³/mol. The van der Waals surface area contributed by atoms with E-state index in [0.717, 1.165) is 31.7 Å². The maximum absolute atomic E-state index is 6.78. The van der Waals surface area contributed by atoms with Crippen molar-refractivity contribution in [3.63, 3.8) is 0 Å². The molecule has 5 nitrogen and oxygen atoms in total. The van der Waals surface area contributed by atoms with Crippen LogP contribution in [-0.4, -0.2) is 55.4 Å². The fourth-order valence-corrected chi connectivity index (χ4v) is 6.98. The minimum atomic E-state index is -0.185. The number of anilines is 1. The maximum Gasteiger partial charge on any atom is 0.113 e. The Kier molecular flexibility index (Phi) is 10.0. The Labute approximate surface area is 254 Å². The molecule has 6 rings (SSSR count). The van der Waals surface area contributed by atoms with Gasteiger partial charge in [-0.05, 0) is 47.4 Å². The Morgan fingerprint density at radius 3 is 1.83 bits per heavy atom. The Balaban J connectivity index is 1.21. The molecule has 220 valence electrons. The molecule has 0 spiro atoms. The molecule has 0 amide bonds. The van der Waals surface area contributed by atoms with E-state index in [9.17, 15) is 0 Å². The molecule has 0 bridgehead atoms. The summed E-state index contributed by atoms with van der Waals surface area (Å²) in [6.07, 6.45) is 0.783. The second-order valence-electron chi connectivity index (χ2n) is 11.6. The lowest BCUT2D eigenvalue weighted by atomic mass is 9.92. The quantitative estimate of drug-likeness (QED) is 0.179. The summed E-state index contributed by atoms with van der Waals surface area (Å²) in [6.45, 7) is 8.03. The highest BCUT2D eigenvalue weighted by Crippen LogP contribution is 2.32. The van der Waals surface area contributed by atoms with Crippen LogP contribution in [0.15, 0.2) is 108 Å². The van der Waals surface area contributed by atoms with Gasteiger partial charge in [-0.2, -0.15) is 11.3 Å². The van der Waals surface area contributed by atoms with Gasteiger partial charge in [0, 0.05) is 43.3 Å². The molecule has 0 saturated carbocycles. The summed E-state index contributed by atoms with van der Waals surface area (Å²) < 4.78 is 20.2. The second kappa shape index (κ2) is 14.5. The molecule has 3 aromatic carbocycles. The summed E-state index contributed by atoms with van der Waals surface area (Å²) in [5, 5.41) is 4.44. The number of piperidine rings is 1. The summed E-state index contributed by atoms with van der Waals surface area (Å²) in [5.41, 5.74) is 4.87. The van der Waals surface area contributed by atoms with Crippen LogP contribution in [0.1, 0.15) is 30.0 Å². The molecular weight excluding hydrogens is 540 g/mol. The van der Waals surface area contributed by atoms with Crippen molar-refractivity contribution in [3.05, 3.63) is 125 Å². The van der Waals surface area contributed by atoms with Gasteiger partial charge < -0.3 is 19.1 Å². The first-order chi connectivity index (χ1) is 20.7. The molecular formula is C36H42N2O3S. The van der Waals surface area contributed by atoms with Crippen LogP contribution in [0.3, 0.4) is 0 Å². The zero-order valence-corrected chi connectivity index (χ0v) is 25.3. The number of likely N-dealkylation sites (tertiary alicyclic amines) is 1. The molecule has 5 atom stereocenters. The van der Waals surface area contributed by atoms with E-state index in [2.05, 4.69) is 112 Å². The normalized spacial score (nSPS) is 24.7. The van der Waals surface area contributed by atoms with Crippen molar-refractivity contribution >= 4 is 17.0 Å². The molecule has 0 aliphatic carbocycles. The van der Waals surface area contributed by atoms with E-state index in [4.69, 9.17) is 14.2 Å². The van der Waals surface area contributed by atoms with Gasteiger partial charge in [-0.15, -0.1) is 0 Å². The van der Waals surface area contributed by atoms with Crippen molar-refractivity contribution < 1.29 is 14.2 Å². The molecule has 3 heterocycles. The Morgan fingerprint density at radius 2 is 1.26 bits per heavy atom. The van der Waals surface area contributed by atoms with Crippen LogP contribution < -0.4 is 4.90 Å². The Hall–Kier alpha value is -3.00. The summed E-state index contributed by atoms with van der Waals surface area (Å²) >= 11 is 1.78. The van der Waals surface area contributed by atoms with Crippen LogP contribution >= 0.6 is 11.3 Å². The number of thiophene rings is 1. The first kappa shape index (κ1) is 29.1. The van der Waals surface area contributed by atoms with E-state index in [-0.39, 0.29) is 24.4 Å². The van der Waals surface area contributed by atoms with E-state index in [1.54, 1.807) is 11.3 Å².